The van der Waals surface area contributed by atoms with Crippen molar-refractivity contribution >= 4 is 49.9 Å². The predicted octanol–water partition coefficient (Wildman–Crippen LogP) is -0.482. The Morgan fingerprint density at radius 2 is 1.36 bits per heavy atom. The second-order valence-corrected chi connectivity index (χ2v) is 1.30. The van der Waals surface area contributed by atoms with E-state index in [0.29, 0.717) is 0 Å². The van der Waals surface area contributed by atoms with Crippen LogP contribution in [0.2, 0.25) is 0 Å². The van der Waals surface area contributed by atoms with Crippen molar-refractivity contribution in [3.63, 3.8) is 0 Å². The number of carboxylic acids is 1. The first-order chi connectivity index (χ1) is 4.37. The number of aliphatic hydroxyl groups excluding tert-OH is 1. The summed E-state index contributed by atoms with van der Waals surface area (Å²) in [5.41, 5.74) is 0. The Morgan fingerprint density at radius 1 is 1.27 bits per heavy atom. The molecule has 7 heteroatoms. The molecule has 0 fully saturated rings. The molecular formula is C4H10CaO6. The van der Waals surface area contributed by atoms with E-state index in [0.717, 1.165) is 0 Å². The van der Waals surface area contributed by atoms with Gasteiger partial charge >= 0.3 is 49.9 Å². The average molecular weight is 194 g/mol. The monoisotopic (exact) mass is 194 g/mol. The maximum absolute atomic E-state index is 9.45. The molecule has 0 heterocycles. The second kappa shape index (κ2) is 9.96. The van der Waals surface area contributed by atoms with Gasteiger partial charge in [-0.25, -0.2) is 9.59 Å². The minimum atomic E-state index is -1.83. The maximum Gasteiger partial charge on any atom is 2.00 e. The summed E-state index contributed by atoms with van der Waals surface area (Å²) in [6.07, 6.45) is -3.06. The number of carbonyl (C=O) groups is 2. The summed E-state index contributed by atoms with van der Waals surface area (Å²) in [5, 5.41) is 29.7. The van der Waals surface area contributed by atoms with Crippen molar-refractivity contribution in [3.05, 3.63) is 0 Å². The molecule has 64 valence electrons. The Bertz CT molecular complexity index is 126. The fourth-order valence-electron chi connectivity index (χ4n) is 0. The molecule has 0 aliphatic carbocycles. The maximum atomic E-state index is 9.45. The van der Waals surface area contributed by atoms with E-state index < -0.39 is 18.2 Å². The van der Waals surface area contributed by atoms with Gasteiger partial charge in [-0.1, -0.05) is 0 Å². The first-order valence-corrected chi connectivity index (χ1v) is 2.20. The van der Waals surface area contributed by atoms with E-state index in [9.17, 15) is 4.79 Å². The van der Waals surface area contributed by atoms with Gasteiger partial charge in [0, 0.05) is 0 Å². The third-order valence-electron chi connectivity index (χ3n) is 0.357. The van der Waals surface area contributed by atoms with Crippen LogP contribution >= 0.6 is 0 Å². The molecule has 0 amide bonds. The van der Waals surface area contributed by atoms with E-state index in [1.54, 1.807) is 0 Å². The molecule has 0 saturated heterocycles. The number of carboxylic acid groups (broad SMARTS) is 3. The molecule has 4 N–H and O–H groups in total. The fraction of sp³-hybridized carbons (Fsp3) is 0.500. The summed E-state index contributed by atoms with van der Waals surface area (Å²) in [6.45, 7) is 1.20. The van der Waals surface area contributed by atoms with Crippen LogP contribution in [0.5, 0.6) is 0 Å². The van der Waals surface area contributed by atoms with Crippen molar-refractivity contribution in [2.75, 3.05) is 0 Å². The number of hydrogen-bond donors (Lipinski definition) is 4. The van der Waals surface area contributed by atoms with Crippen LogP contribution in [0.25, 0.3) is 0 Å². The number of hydrogen-bond acceptors (Lipinski definition) is 3. The molecule has 1 unspecified atom stereocenters. The van der Waals surface area contributed by atoms with Crippen LogP contribution in [0, 0.1) is 0 Å². The Morgan fingerprint density at radius 3 is 1.36 bits per heavy atom. The average Bonchev–Trinajstić information content (AvgIpc) is 1.63. The molecule has 0 aromatic rings. The van der Waals surface area contributed by atoms with Crippen molar-refractivity contribution in [1.82, 2.24) is 0 Å². The summed E-state index contributed by atoms with van der Waals surface area (Å²) < 4.78 is 0. The van der Waals surface area contributed by atoms with Gasteiger partial charge in [-0.05, 0) is 6.92 Å². The molecule has 0 saturated carbocycles. The fourth-order valence-corrected chi connectivity index (χ4v) is 0. The molecule has 6 nitrogen and oxygen atoms in total. The molecule has 0 aromatic heterocycles. The summed E-state index contributed by atoms with van der Waals surface area (Å²) in [5.74, 6) is -1.19. The SMILES string of the molecule is CC(O)C(=O)O.O=C(O)O.[Ca+2].[H-].[H-]. The third-order valence-corrected chi connectivity index (χ3v) is 0.357. The number of aliphatic carboxylic acids is 1. The standard InChI is InChI=1S/C3H6O3.CH2O3.Ca.2H/c1-2(4)3(5)6;2-1(3)4;;;/h2,4H,1H3,(H,5,6);(H2,2,3,4);;;/q;;+2;2*-1. The second-order valence-electron chi connectivity index (χ2n) is 1.30. The van der Waals surface area contributed by atoms with Gasteiger partial charge in [-0.15, -0.1) is 0 Å². The zero-order chi connectivity index (χ0) is 8.73. The zero-order valence-corrected chi connectivity index (χ0v) is 8.10. The zero-order valence-electron chi connectivity index (χ0n) is 7.89. The van der Waals surface area contributed by atoms with Gasteiger partial charge in [-0.3, -0.25) is 0 Å². The Hall–Kier alpha value is -0.0403. The summed E-state index contributed by atoms with van der Waals surface area (Å²) in [4.78, 5) is 18.0. The molecule has 0 rings (SSSR count). The quantitative estimate of drug-likeness (QED) is 0.419. The Kier molecular flexibility index (Phi) is 15.5. The van der Waals surface area contributed by atoms with Gasteiger partial charge in [-0.2, -0.15) is 0 Å². The molecule has 0 aliphatic heterocycles. The summed E-state index contributed by atoms with van der Waals surface area (Å²) >= 11 is 0. The van der Waals surface area contributed by atoms with E-state index in [2.05, 4.69) is 0 Å². The third kappa shape index (κ3) is 40.2. The van der Waals surface area contributed by atoms with Crippen molar-refractivity contribution < 1.29 is 32.9 Å². The van der Waals surface area contributed by atoms with Gasteiger partial charge in [0.2, 0.25) is 0 Å². The van der Waals surface area contributed by atoms with Crippen LogP contribution in [-0.4, -0.2) is 76.4 Å². The number of rotatable bonds is 1. The largest absolute Gasteiger partial charge is 2.00 e. The number of aliphatic hydroxyl groups is 1. The molecule has 1 atom stereocenters. The van der Waals surface area contributed by atoms with Crippen LogP contribution in [0.15, 0.2) is 0 Å². The van der Waals surface area contributed by atoms with E-state index in [-0.39, 0.29) is 40.6 Å². The van der Waals surface area contributed by atoms with Crippen molar-refractivity contribution in [2.24, 2.45) is 0 Å². The Labute approximate surface area is 95.4 Å². The summed E-state index contributed by atoms with van der Waals surface area (Å²) in [7, 11) is 0. The van der Waals surface area contributed by atoms with E-state index in [1.807, 2.05) is 0 Å². The first kappa shape index (κ1) is 17.2. The minimum absolute atomic E-state index is 0. The van der Waals surface area contributed by atoms with Gasteiger partial charge in [0.05, 0.1) is 0 Å². The molecule has 0 aromatic carbocycles. The van der Waals surface area contributed by atoms with Gasteiger partial charge in [0.25, 0.3) is 0 Å². The van der Waals surface area contributed by atoms with Crippen LogP contribution in [0.3, 0.4) is 0 Å². The molecule has 0 aliphatic rings. The van der Waals surface area contributed by atoms with Crippen LogP contribution in [0.1, 0.15) is 9.78 Å². The van der Waals surface area contributed by atoms with Crippen LogP contribution in [-0.2, 0) is 4.79 Å². The normalized spacial score (nSPS) is 9.64. The van der Waals surface area contributed by atoms with Crippen LogP contribution in [0.4, 0.5) is 4.79 Å². The Balaban J connectivity index is -0.0000000279. The first-order valence-electron chi connectivity index (χ1n) is 2.20. The van der Waals surface area contributed by atoms with Gasteiger partial charge < -0.3 is 23.3 Å². The molecule has 0 spiro atoms. The minimum Gasteiger partial charge on any atom is -1.00 e. The predicted molar refractivity (Wildman–Crippen MR) is 37.9 cm³/mol. The van der Waals surface area contributed by atoms with E-state index in [4.69, 9.17) is 25.2 Å². The molecular weight excluding hydrogens is 184 g/mol. The van der Waals surface area contributed by atoms with Gasteiger partial charge in [0.1, 0.15) is 6.10 Å². The van der Waals surface area contributed by atoms with Gasteiger partial charge in [0.15, 0.2) is 0 Å². The van der Waals surface area contributed by atoms with Crippen LogP contribution < -0.4 is 0 Å². The topological polar surface area (TPSA) is 115 Å². The van der Waals surface area contributed by atoms with E-state index >= 15 is 0 Å². The van der Waals surface area contributed by atoms with E-state index in [1.165, 1.54) is 6.92 Å². The van der Waals surface area contributed by atoms with Crippen molar-refractivity contribution in [2.45, 2.75) is 13.0 Å². The summed E-state index contributed by atoms with van der Waals surface area (Å²) in [6, 6.07) is 0. The van der Waals surface area contributed by atoms with Crippen molar-refractivity contribution in [3.8, 4) is 0 Å². The molecule has 0 radical (unpaired) electrons. The van der Waals surface area contributed by atoms with Crippen molar-refractivity contribution in [1.29, 1.82) is 0 Å². The molecule has 0 bridgehead atoms. The smallest absolute Gasteiger partial charge is 1.00 e. The molecule has 11 heavy (non-hydrogen) atoms.